The van der Waals surface area contributed by atoms with Crippen LogP contribution in [0.5, 0.6) is 0 Å². The van der Waals surface area contributed by atoms with Crippen LogP contribution in [0, 0.1) is 0 Å². The normalized spacial score (nSPS) is 19.9. The maximum Gasteiger partial charge on any atom is 0.224 e. The molecule has 2 heterocycles. The summed E-state index contributed by atoms with van der Waals surface area (Å²) in [5, 5.41) is 3.84. The molecule has 1 fully saturated rings. The van der Waals surface area contributed by atoms with E-state index in [1.165, 1.54) is 0 Å². The monoisotopic (exact) mass is 286 g/mol. The number of nitrogens with zero attached hydrogens (tertiary/aromatic N) is 3. The number of thioether (sulfide) groups is 1. The summed E-state index contributed by atoms with van der Waals surface area (Å²) in [5.41, 5.74) is 0. The summed E-state index contributed by atoms with van der Waals surface area (Å²) < 4.78 is 0. The van der Waals surface area contributed by atoms with Crippen LogP contribution in [0.1, 0.15) is 20.3 Å². The third kappa shape index (κ3) is 3.20. The second-order valence-corrected chi connectivity index (χ2v) is 5.97. The zero-order valence-electron chi connectivity index (χ0n) is 10.8. The molecule has 0 aromatic carbocycles. The van der Waals surface area contributed by atoms with Crippen molar-refractivity contribution in [2.24, 2.45) is 0 Å². The predicted molar refractivity (Wildman–Crippen MR) is 80.0 cm³/mol. The van der Waals surface area contributed by atoms with Crippen molar-refractivity contribution in [3.8, 4) is 0 Å². The second-order valence-electron chi connectivity index (χ2n) is 4.41. The van der Waals surface area contributed by atoms with Crippen molar-refractivity contribution in [2.45, 2.75) is 26.3 Å². The number of anilines is 2. The summed E-state index contributed by atoms with van der Waals surface area (Å²) >= 11 is 8.21. The Hall–Kier alpha value is -0.680. The summed E-state index contributed by atoms with van der Waals surface area (Å²) in [5.74, 6) is 3.78. The van der Waals surface area contributed by atoms with Crippen molar-refractivity contribution in [1.82, 2.24) is 9.97 Å². The minimum atomic E-state index is 0.468. The van der Waals surface area contributed by atoms with Gasteiger partial charge in [-0.1, -0.05) is 18.5 Å². The highest BCUT2D eigenvalue weighted by Gasteiger charge is 2.22. The van der Waals surface area contributed by atoms with Gasteiger partial charge >= 0.3 is 0 Å². The Kier molecular flexibility index (Phi) is 4.95. The Bertz CT molecular complexity index is 402. The van der Waals surface area contributed by atoms with Crippen molar-refractivity contribution < 1.29 is 0 Å². The summed E-state index contributed by atoms with van der Waals surface area (Å²) in [7, 11) is 0. The highest BCUT2D eigenvalue weighted by Crippen LogP contribution is 2.28. The maximum atomic E-state index is 6.23. The van der Waals surface area contributed by atoms with Crippen LogP contribution >= 0.6 is 23.4 Å². The van der Waals surface area contributed by atoms with Gasteiger partial charge in [0.25, 0.3) is 0 Å². The molecular formula is C12H19ClN4S. The molecular weight excluding hydrogens is 268 g/mol. The van der Waals surface area contributed by atoms with E-state index in [2.05, 4.69) is 34.0 Å². The lowest BCUT2D eigenvalue weighted by molar-refractivity contribution is 0.689. The average Bonchev–Trinajstić information content (AvgIpc) is 2.39. The molecule has 0 bridgehead atoms. The third-order valence-corrected chi connectivity index (χ3v) is 4.35. The molecule has 0 spiro atoms. The van der Waals surface area contributed by atoms with Crippen LogP contribution in [0.15, 0.2) is 6.20 Å². The molecule has 18 heavy (non-hydrogen) atoms. The van der Waals surface area contributed by atoms with E-state index < -0.39 is 0 Å². The quantitative estimate of drug-likeness (QED) is 0.922. The molecule has 0 amide bonds. The molecule has 0 radical (unpaired) electrons. The van der Waals surface area contributed by atoms with Crippen molar-refractivity contribution >= 4 is 35.1 Å². The van der Waals surface area contributed by atoms with E-state index in [9.17, 15) is 0 Å². The molecule has 0 aliphatic carbocycles. The van der Waals surface area contributed by atoms with Gasteiger partial charge in [-0.05, 0) is 13.3 Å². The molecule has 4 nitrogen and oxygen atoms in total. The minimum Gasteiger partial charge on any atom is -0.354 e. The molecule has 1 atom stereocenters. The smallest absolute Gasteiger partial charge is 0.224 e. The number of halogens is 1. The number of nitrogens with one attached hydrogen (secondary N) is 1. The first kappa shape index (κ1) is 13.7. The average molecular weight is 287 g/mol. The van der Waals surface area contributed by atoms with Crippen LogP contribution in [-0.4, -0.2) is 40.6 Å². The van der Waals surface area contributed by atoms with Crippen LogP contribution in [0.2, 0.25) is 5.02 Å². The van der Waals surface area contributed by atoms with E-state index in [4.69, 9.17) is 11.6 Å². The van der Waals surface area contributed by atoms with Gasteiger partial charge in [0.05, 0.1) is 6.20 Å². The van der Waals surface area contributed by atoms with Gasteiger partial charge < -0.3 is 10.2 Å². The van der Waals surface area contributed by atoms with Gasteiger partial charge in [-0.3, -0.25) is 0 Å². The molecule has 1 aliphatic heterocycles. The lowest BCUT2D eigenvalue weighted by Crippen LogP contribution is -2.41. The number of hydrogen-bond acceptors (Lipinski definition) is 5. The van der Waals surface area contributed by atoms with Crippen LogP contribution in [0.3, 0.4) is 0 Å². The Balaban J connectivity index is 2.19. The molecule has 0 saturated carbocycles. The standard InChI is InChI=1S/C12H19ClN4S/c1-3-4-14-12-15-7-10(13)11(16-12)17-5-6-18-8-9(17)2/h7,9H,3-6,8H2,1-2H3,(H,14,15,16). The first-order chi connectivity index (χ1) is 8.72. The Labute approximate surface area is 118 Å². The Morgan fingerprint density at radius 1 is 1.61 bits per heavy atom. The molecule has 6 heteroatoms. The van der Waals surface area contributed by atoms with Crippen LogP contribution in [0.25, 0.3) is 0 Å². The van der Waals surface area contributed by atoms with Crippen LogP contribution in [-0.2, 0) is 0 Å². The summed E-state index contributed by atoms with van der Waals surface area (Å²) in [6.07, 6.45) is 2.74. The molecule has 1 N–H and O–H groups in total. The molecule has 1 unspecified atom stereocenters. The SMILES string of the molecule is CCCNc1ncc(Cl)c(N2CCSCC2C)n1. The molecule has 100 valence electrons. The molecule has 1 aromatic rings. The molecule has 2 rings (SSSR count). The van der Waals surface area contributed by atoms with Crippen LogP contribution in [0.4, 0.5) is 11.8 Å². The first-order valence-electron chi connectivity index (χ1n) is 6.33. The Morgan fingerprint density at radius 3 is 3.17 bits per heavy atom. The largest absolute Gasteiger partial charge is 0.354 e. The number of aromatic nitrogens is 2. The van der Waals surface area contributed by atoms with Gasteiger partial charge in [0.2, 0.25) is 5.95 Å². The van der Waals surface area contributed by atoms with Gasteiger partial charge in [0.15, 0.2) is 5.82 Å². The fourth-order valence-electron chi connectivity index (χ4n) is 1.92. The van der Waals surface area contributed by atoms with Gasteiger partial charge in [-0.25, -0.2) is 4.98 Å². The Morgan fingerprint density at radius 2 is 2.44 bits per heavy atom. The van der Waals surface area contributed by atoms with E-state index >= 15 is 0 Å². The van der Waals surface area contributed by atoms with Gasteiger partial charge in [0, 0.05) is 30.6 Å². The van der Waals surface area contributed by atoms with Gasteiger partial charge in [0.1, 0.15) is 5.02 Å². The van der Waals surface area contributed by atoms with E-state index in [0.29, 0.717) is 17.0 Å². The van der Waals surface area contributed by atoms with Gasteiger partial charge in [-0.2, -0.15) is 16.7 Å². The second kappa shape index (κ2) is 6.48. The number of rotatable bonds is 4. The van der Waals surface area contributed by atoms with Crippen molar-refractivity contribution in [1.29, 1.82) is 0 Å². The van der Waals surface area contributed by atoms with E-state index in [0.717, 1.165) is 36.8 Å². The van der Waals surface area contributed by atoms with Crippen molar-refractivity contribution in [2.75, 3.05) is 34.8 Å². The summed E-state index contributed by atoms with van der Waals surface area (Å²) in [6.45, 7) is 6.21. The minimum absolute atomic E-state index is 0.468. The first-order valence-corrected chi connectivity index (χ1v) is 7.86. The zero-order valence-corrected chi connectivity index (χ0v) is 12.4. The van der Waals surface area contributed by atoms with E-state index in [1.807, 2.05) is 11.8 Å². The lowest BCUT2D eigenvalue weighted by atomic mass is 10.3. The fraction of sp³-hybridized carbons (Fsp3) is 0.667. The van der Waals surface area contributed by atoms with Crippen molar-refractivity contribution in [3.63, 3.8) is 0 Å². The zero-order chi connectivity index (χ0) is 13.0. The highest BCUT2D eigenvalue weighted by molar-refractivity contribution is 7.99. The maximum absolute atomic E-state index is 6.23. The molecule has 1 aromatic heterocycles. The number of hydrogen-bond donors (Lipinski definition) is 1. The third-order valence-electron chi connectivity index (χ3n) is 2.90. The molecule has 1 aliphatic rings. The van der Waals surface area contributed by atoms with Crippen molar-refractivity contribution in [3.05, 3.63) is 11.2 Å². The predicted octanol–water partition coefficient (Wildman–Crippen LogP) is 2.89. The van der Waals surface area contributed by atoms with E-state index in [1.54, 1.807) is 6.20 Å². The lowest BCUT2D eigenvalue weighted by Gasteiger charge is -2.34. The summed E-state index contributed by atoms with van der Waals surface area (Å²) in [6, 6.07) is 0.468. The van der Waals surface area contributed by atoms with E-state index in [-0.39, 0.29) is 0 Å². The fourth-order valence-corrected chi connectivity index (χ4v) is 3.14. The van der Waals surface area contributed by atoms with Crippen LogP contribution < -0.4 is 10.2 Å². The topological polar surface area (TPSA) is 41.1 Å². The van der Waals surface area contributed by atoms with Gasteiger partial charge in [-0.15, -0.1) is 0 Å². The highest BCUT2D eigenvalue weighted by atomic mass is 35.5. The summed E-state index contributed by atoms with van der Waals surface area (Å²) in [4.78, 5) is 11.0. The molecule has 1 saturated heterocycles.